The molecule has 0 aliphatic rings. The molecule has 0 amide bonds. The van der Waals surface area contributed by atoms with Crippen molar-refractivity contribution in [3.63, 3.8) is 0 Å². The Morgan fingerprint density at radius 2 is 2.00 bits per heavy atom. The first kappa shape index (κ1) is 9.73. The van der Waals surface area contributed by atoms with Crippen molar-refractivity contribution in [2.45, 2.75) is 0 Å². The molecule has 0 spiro atoms. The zero-order valence-corrected chi connectivity index (χ0v) is 7.34. The van der Waals surface area contributed by atoms with Gasteiger partial charge in [-0.3, -0.25) is 9.90 Å². The molecule has 1 aromatic carbocycles. The maximum Gasteiger partial charge on any atom is 0.151 e. The van der Waals surface area contributed by atoms with Crippen LogP contribution in [0.4, 0.5) is 20.2 Å². The van der Waals surface area contributed by atoms with E-state index in [1.165, 1.54) is 19.2 Å². The monoisotopic (exact) mass is 188 g/mol. The molecule has 2 N–H and O–H groups in total. The van der Waals surface area contributed by atoms with Crippen LogP contribution in [0.2, 0.25) is 0 Å². The van der Waals surface area contributed by atoms with E-state index < -0.39 is 11.6 Å². The predicted molar refractivity (Wildman–Crippen MR) is 46.2 cm³/mol. The van der Waals surface area contributed by atoms with Crippen molar-refractivity contribution in [2.24, 2.45) is 0 Å². The van der Waals surface area contributed by atoms with Crippen LogP contribution in [0.3, 0.4) is 0 Å². The molecule has 0 unspecified atom stereocenters. The highest BCUT2D eigenvalue weighted by molar-refractivity contribution is 5.66. The molecule has 0 fully saturated rings. The molecule has 0 aromatic heterocycles. The Bertz CT molecular complexity index is 317. The lowest BCUT2D eigenvalue weighted by Crippen LogP contribution is -2.17. The van der Waals surface area contributed by atoms with Gasteiger partial charge in [-0.2, -0.15) is 0 Å². The van der Waals surface area contributed by atoms with Gasteiger partial charge in [-0.15, -0.1) is 0 Å². The summed E-state index contributed by atoms with van der Waals surface area (Å²) in [6.07, 6.45) is 0. The fourth-order valence-corrected chi connectivity index (χ4v) is 0.930. The zero-order chi connectivity index (χ0) is 10.0. The first-order valence-corrected chi connectivity index (χ1v) is 3.58. The van der Waals surface area contributed by atoms with Crippen LogP contribution in [0.1, 0.15) is 0 Å². The molecule has 0 bridgehead atoms. The second-order valence-electron chi connectivity index (χ2n) is 2.50. The molecule has 0 radical (unpaired) electrons. The van der Waals surface area contributed by atoms with Crippen molar-refractivity contribution in [2.75, 3.05) is 25.0 Å². The van der Waals surface area contributed by atoms with Crippen LogP contribution < -0.4 is 10.8 Å². The lowest BCUT2D eigenvalue weighted by Gasteiger charge is -2.17. The minimum absolute atomic E-state index is 0.134. The zero-order valence-electron chi connectivity index (χ0n) is 7.34. The van der Waals surface area contributed by atoms with E-state index in [0.717, 1.165) is 12.1 Å². The number of hydrogen-bond donors (Lipinski definition) is 1. The minimum atomic E-state index is -0.793. The Balaban J connectivity index is 3.20. The van der Waals surface area contributed by atoms with Crippen LogP contribution in [0.15, 0.2) is 12.1 Å². The van der Waals surface area contributed by atoms with Crippen molar-refractivity contribution in [3.05, 3.63) is 23.8 Å². The lowest BCUT2D eigenvalue weighted by molar-refractivity contribution is 0.184. The maximum atomic E-state index is 12.9. The number of anilines is 2. The lowest BCUT2D eigenvalue weighted by atomic mass is 10.2. The number of nitrogens with zero attached hydrogens (tertiary/aromatic N) is 1. The van der Waals surface area contributed by atoms with E-state index in [0.29, 0.717) is 0 Å². The van der Waals surface area contributed by atoms with E-state index in [9.17, 15) is 8.78 Å². The molecular weight excluding hydrogens is 178 g/mol. The summed E-state index contributed by atoms with van der Waals surface area (Å²) >= 11 is 0. The SMILES string of the molecule is CON(C)c1cc(F)cc(F)c1N. The number of benzene rings is 1. The van der Waals surface area contributed by atoms with E-state index in [2.05, 4.69) is 0 Å². The average Bonchev–Trinajstić information content (AvgIpc) is 2.10. The molecule has 5 heteroatoms. The summed E-state index contributed by atoms with van der Waals surface area (Å²) in [5, 5.41) is 1.18. The first-order chi connectivity index (χ1) is 6.06. The predicted octanol–water partition coefficient (Wildman–Crippen LogP) is 1.54. The van der Waals surface area contributed by atoms with Gasteiger partial charge in [-0.25, -0.2) is 8.78 Å². The molecule has 0 saturated heterocycles. The molecule has 3 nitrogen and oxygen atoms in total. The van der Waals surface area contributed by atoms with Gasteiger partial charge >= 0.3 is 0 Å². The highest BCUT2D eigenvalue weighted by atomic mass is 19.1. The van der Waals surface area contributed by atoms with Gasteiger partial charge in [0.15, 0.2) is 5.82 Å². The average molecular weight is 188 g/mol. The second-order valence-corrected chi connectivity index (χ2v) is 2.50. The third kappa shape index (κ3) is 1.86. The maximum absolute atomic E-state index is 12.9. The van der Waals surface area contributed by atoms with Crippen molar-refractivity contribution >= 4 is 11.4 Å². The quantitative estimate of drug-likeness (QED) is 0.565. The van der Waals surface area contributed by atoms with Gasteiger partial charge in [0.05, 0.1) is 18.5 Å². The topological polar surface area (TPSA) is 38.5 Å². The highest BCUT2D eigenvalue weighted by Gasteiger charge is 2.11. The van der Waals surface area contributed by atoms with Crippen LogP contribution >= 0.6 is 0 Å². The molecule has 0 aliphatic heterocycles. The Morgan fingerprint density at radius 1 is 1.38 bits per heavy atom. The van der Waals surface area contributed by atoms with E-state index in [4.69, 9.17) is 10.6 Å². The Kier molecular flexibility index (Phi) is 2.67. The van der Waals surface area contributed by atoms with E-state index in [1.54, 1.807) is 0 Å². The summed E-state index contributed by atoms with van der Waals surface area (Å²) in [5.41, 5.74) is 5.40. The molecule has 0 atom stereocenters. The fourth-order valence-electron chi connectivity index (χ4n) is 0.930. The van der Waals surface area contributed by atoms with Gasteiger partial charge in [-0.1, -0.05) is 0 Å². The van der Waals surface area contributed by atoms with Gasteiger partial charge in [0, 0.05) is 19.2 Å². The minimum Gasteiger partial charge on any atom is -0.395 e. The summed E-state index contributed by atoms with van der Waals surface area (Å²) in [6, 6.07) is 1.82. The van der Waals surface area contributed by atoms with Gasteiger partial charge in [0.25, 0.3) is 0 Å². The van der Waals surface area contributed by atoms with Crippen molar-refractivity contribution in [3.8, 4) is 0 Å². The third-order valence-corrected chi connectivity index (χ3v) is 1.69. The molecule has 1 rings (SSSR count). The number of rotatable bonds is 2. The van der Waals surface area contributed by atoms with Crippen molar-refractivity contribution < 1.29 is 13.6 Å². The molecule has 0 aliphatic carbocycles. The Labute approximate surface area is 74.7 Å². The molecule has 0 heterocycles. The smallest absolute Gasteiger partial charge is 0.151 e. The van der Waals surface area contributed by atoms with E-state index in [1.807, 2.05) is 0 Å². The summed E-state index contributed by atoms with van der Waals surface area (Å²) in [6.45, 7) is 0. The standard InChI is InChI=1S/C8H10F2N2O/c1-12(13-2)7-4-5(9)3-6(10)8(7)11/h3-4H,11H2,1-2H3. The molecular formula is C8H10F2N2O. The largest absolute Gasteiger partial charge is 0.395 e. The molecule has 0 saturated carbocycles. The number of nitrogen functional groups attached to an aromatic ring is 1. The van der Waals surface area contributed by atoms with Crippen molar-refractivity contribution in [1.82, 2.24) is 0 Å². The van der Waals surface area contributed by atoms with Gasteiger partial charge in [0.2, 0.25) is 0 Å². The van der Waals surface area contributed by atoms with Crippen LogP contribution in [-0.2, 0) is 4.84 Å². The van der Waals surface area contributed by atoms with Crippen molar-refractivity contribution in [1.29, 1.82) is 0 Å². The normalized spacial score (nSPS) is 10.2. The van der Waals surface area contributed by atoms with Crippen LogP contribution in [-0.4, -0.2) is 14.2 Å². The van der Waals surface area contributed by atoms with Crippen LogP contribution in [0, 0.1) is 11.6 Å². The molecule has 13 heavy (non-hydrogen) atoms. The number of hydroxylamine groups is 1. The van der Waals surface area contributed by atoms with Gasteiger partial charge in [-0.05, 0) is 0 Å². The summed E-state index contributed by atoms with van der Waals surface area (Å²) in [7, 11) is 2.88. The fraction of sp³-hybridized carbons (Fsp3) is 0.250. The highest BCUT2D eigenvalue weighted by Crippen LogP contribution is 2.26. The summed E-state index contributed by atoms with van der Waals surface area (Å²) in [4.78, 5) is 4.75. The van der Waals surface area contributed by atoms with Gasteiger partial charge in [0.1, 0.15) is 5.82 Å². The summed E-state index contributed by atoms with van der Waals surface area (Å²) < 4.78 is 25.6. The number of halogens is 2. The molecule has 72 valence electrons. The van der Waals surface area contributed by atoms with Crippen LogP contribution in [0.5, 0.6) is 0 Å². The Hall–Kier alpha value is -1.36. The first-order valence-electron chi connectivity index (χ1n) is 3.58. The third-order valence-electron chi connectivity index (χ3n) is 1.69. The molecule has 1 aromatic rings. The second kappa shape index (κ2) is 3.57. The van der Waals surface area contributed by atoms with E-state index in [-0.39, 0.29) is 11.4 Å². The number of hydrogen-bond acceptors (Lipinski definition) is 3. The van der Waals surface area contributed by atoms with Gasteiger partial charge < -0.3 is 5.73 Å². The summed E-state index contributed by atoms with van der Waals surface area (Å²) in [5.74, 6) is -1.48. The van der Waals surface area contributed by atoms with Crippen LogP contribution in [0.25, 0.3) is 0 Å². The Morgan fingerprint density at radius 3 is 2.54 bits per heavy atom. The number of nitrogens with two attached hydrogens (primary N) is 1. The van der Waals surface area contributed by atoms with E-state index >= 15 is 0 Å².